The van der Waals surface area contributed by atoms with Gasteiger partial charge in [0, 0.05) is 6.42 Å². The third kappa shape index (κ3) is 6.89. The monoisotopic (exact) mass is 442 g/mol. The van der Waals surface area contributed by atoms with Crippen molar-refractivity contribution in [1.82, 2.24) is 0 Å². The minimum atomic E-state index is -1.73. The Morgan fingerprint density at radius 1 is 1.19 bits per heavy atom. The lowest BCUT2D eigenvalue weighted by Crippen LogP contribution is -2.59. The minimum Gasteiger partial charge on any atom is -0.463 e. The van der Waals surface area contributed by atoms with Crippen LogP contribution in [0.2, 0.25) is 0 Å². The highest BCUT2D eigenvalue weighted by atomic mass is 16.8. The Bertz CT molecular complexity index is 792. The van der Waals surface area contributed by atoms with Crippen molar-refractivity contribution in [3.05, 3.63) is 23.8 Å². The first-order valence-corrected chi connectivity index (χ1v) is 9.78. The summed E-state index contributed by atoms with van der Waals surface area (Å²) in [6.07, 6.45) is -6.76. The standard InChI is InChI=1S/C20H27NO10/c1-2-3-4-5-15(24)21-13-8-12(9-28-10-22)6-7-14(13)30-20-18(27)16(25)17(26)19(31-20)29-11-23/h6-8,10-11,16-20,25-27H,2-5,9H2,1H3,(H,21,24)/i10D. The molecule has 11 nitrogen and oxygen atoms in total. The van der Waals surface area contributed by atoms with E-state index >= 15 is 0 Å². The molecule has 4 N–H and O–H groups in total. The van der Waals surface area contributed by atoms with Crippen LogP contribution in [0.25, 0.3) is 0 Å². The molecular weight excluding hydrogens is 414 g/mol. The number of aliphatic hydroxyl groups excluding tert-OH is 3. The molecule has 1 aromatic carbocycles. The van der Waals surface area contributed by atoms with Crippen LogP contribution in [0.15, 0.2) is 18.2 Å². The fraction of sp³-hybridized carbons (Fsp3) is 0.550. The molecule has 1 aliphatic heterocycles. The van der Waals surface area contributed by atoms with Gasteiger partial charge in [-0.3, -0.25) is 19.1 Å². The summed E-state index contributed by atoms with van der Waals surface area (Å²) in [4.78, 5) is 33.7. The average Bonchev–Trinajstić information content (AvgIpc) is 2.75. The number of carbonyl (C=O) groups is 3. The summed E-state index contributed by atoms with van der Waals surface area (Å²) in [7, 11) is 0. The van der Waals surface area contributed by atoms with E-state index in [-0.39, 0.29) is 36.8 Å². The summed E-state index contributed by atoms with van der Waals surface area (Å²) in [6, 6.07) is 4.35. The van der Waals surface area contributed by atoms with Gasteiger partial charge in [0.25, 0.3) is 12.9 Å². The molecule has 11 heteroatoms. The topological polar surface area (TPSA) is 161 Å². The highest BCUT2D eigenvalue weighted by Gasteiger charge is 2.46. The van der Waals surface area contributed by atoms with Crippen LogP contribution >= 0.6 is 0 Å². The van der Waals surface area contributed by atoms with Crippen molar-refractivity contribution >= 4 is 24.5 Å². The van der Waals surface area contributed by atoms with Crippen LogP contribution in [0.5, 0.6) is 5.75 Å². The lowest BCUT2D eigenvalue weighted by molar-refractivity contribution is -0.321. The van der Waals surface area contributed by atoms with E-state index in [0.29, 0.717) is 12.0 Å². The second kappa shape index (κ2) is 12.2. The predicted molar refractivity (Wildman–Crippen MR) is 105 cm³/mol. The van der Waals surface area contributed by atoms with Crippen LogP contribution < -0.4 is 10.1 Å². The van der Waals surface area contributed by atoms with Crippen molar-refractivity contribution in [2.45, 2.75) is 70.1 Å². The molecule has 1 heterocycles. The third-order valence-corrected chi connectivity index (χ3v) is 4.58. The van der Waals surface area contributed by atoms with Crippen molar-refractivity contribution in [2.75, 3.05) is 5.32 Å². The van der Waals surface area contributed by atoms with E-state index < -0.39 is 37.3 Å². The number of ether oxygens (including phenoxy) is 4. The van der Waals surface area contributed by atoms with Crippen molar-refractivity contribution < 1.29 is 50.0 Å². The Labute approximate surface area is 180 Å². The zero-order valence-electron chi connectivity index (χ0n) is 17.9. The number of hydrogen-bond acceptors (Lipinski definition) is 10. The molecule has 0 radical (unpaired) electrons. The third-order valence-electron chi connectivity index (χ3n) is 4.58. The first-order valence-electron chi connectivity index (χ1n) is 10.3. The molecule has 1 aliphatic rings. The Balaban J connectivity index is 2.22. The maximum atomic E-state index is 12.3. The average molecular weight is 442 g/mol. The van der Waals surface area contributed by atoms with Crippen molar-refractivity contribution in [3.63, 3.8) is 0 Å². The van der Waals surface area contributed by atoms with Crippen LogP contribution in [0, 0.1) is 0 Å². The van der Waals surface area contributed by atoms with Gasteiger partial charge < -0.3 is 34.8 Å². The minimum absolute atomic E-state index is 0.0136. The summed E-state index contributed by atoms with van der Waals surface area (Å²) >= 11 is 0. The summed E-state index contributed by atoms with van der Waals surface area (Å²) in [5.41, 5.74) is 0.610. The Morgan fingerprint density at radius 3 is 2.61 bits per heavy atom. The van der Waals surface area contributed by atoms with Gasteiger partial charge in [0.2, 0.25) is 18.5 Å². The van der Waals surface area contributed by atoms with E-state index in [9.17, 15) is 29.7 Å². The first kappa shape index (κ1) is 22.9. The van der Waals surface area contributed by atoms with Crippen LogP contribution in [-0.4, -0.2) is 65.0 Å². The van der Waals surface area contributed by atoms with Gasteiger partial charge in [-0.1, -0.05) is 25.8 Å². The van der Waals surface area contributed by atoms with Gasteiger partial charge in [-0.25, -0.2) is 0 Å². The predicted octanol–water partition coefficient (Wildman–Crippen LogP) is 0.195. The second-order valence-corrected chi connectivity index (χ2v) is 6.90. The largest absolute Gasteiger partial charge is 0.463 e. The zero-order valence-corrected chi connectivity index (χ0v) is 16.9. The molecule has 5 atom stereocenters. The van der Waals surface area contributed by atoms with Crippen LogP contribution in [0.3, 0.4) is 0 Å². The number of hydrogen-bond donors (Lipinski definition) is 4. The van der Waals surface area contributed by atoms with E-state index in [4.69, 9.17) is 10.8 Å². The van der Waals surface area contributed by atoms with E-state index in [2.05, 4.69) is 14.8 Å². The summed E-state index contributed by atoms with van der Waals surface area (Å²) < 4.78 is 26.9. The van der Waals surface area contributed by atoms with E-state index in [1.54, 1.807) is 0 Å². The Morgan fingerprint density at radius 2 is 1.94 bits per heavy atom. The molecule has 0 aromatic heterocycles. The van der Waals surface area contributed by atoms with E-state index in [0.717, 1.165) is 12.8 Å². The fourth-order valence-electron chi connectivity index (χ4n) is 2.94. The molecule has 1 saturated heterocycles. The van der Waals surface area contributed by atoms with Crippen LogP contribution in [0.1, 0.15) is 39.5 Å². The number of rotatable bonds is 11. The molecule has 31 heavy (non-hydrogen) atoms. The highest BCUT2D eigenvalue weighted by molar-refractivity contribution is 5.92. The van der Waals surface area contributed by atoms with Gasteiger partial charge in [0.1, 0.15) is 30.7 Å². The number of benzene rings is 1. The SMILES string of the molecule is [2H]C(=O)OCc1ccc(OC2OC(OC=O)C(O)C(O)C2O)c(NC(=O)CCCCC)c1. The lowest BCUT2D eigenvalue weighted by atomic mass is 10.0. The van der Waals surface area contributed by atoms with Crippen molar-refractivity contribution in [2.24, 2.45) is 0 Å². The number of unbranched alkanes of at least 4 members (excludes halogenated alkanes) is 2. The number of anilines is 1. The normalized spacial score (nSPS) is 25.8. The second-order valence-electron chi connectivity index (χ2n) is 6.90. The quantitative estimate of drug-likeness (QED) is 0.275. The van der Waals surface area contributed by atoms with Gasteiger partial charge in [-0.05, 0) is 24.1 Å². The molecule has 0 aliphatic carbocycles. The zero-order chi connectivity index (χ0) is 23.7. The Hall–Kier alpha value is -2.73. The van der Waals surface area contributed by atoms with Gasteiger partial charge in [0.15, 0.2) is 1.37 Å². The molecule has 0 saturated carbocycles. The van der Waals surface area contributed by atoms with Crippen LogP contribution in [0.4, 0.5) is 5.69 Å². The molecule has 0 spiro atoms. The molecule has 1 amide bonds. The summed E-state index contributed by atoms with van der Waals surface area (Å²) in [6.45, 7) is 1.80. The number of nitrogens with one attached hydrogen (secondary N) is 1. The Kier molecular flexibility index (Phi) is 9.03. The molecule has 172 valence electrons. The molecule has 1 aromatic rings. The lowest BCUT2D eigenvalue weighted by Gasteiger charge is -2.39. The number of carbonyl (C=O) groups excluding carboxylic acids is 3. The van der Waals surface area contributed by atoms with Gasteiger partial charge >= 0.3 is 0 Å². The molecule has 1 fully saturated rings. The number of amides is 1. The van der Waals surface area contributed by atoms with E-state index in [1.807, 2.05) is 6.92 Å². The van der Waals surface area contributed by atoms with Gasteiger partial charge in [0.05, 0.1) is 5.69 Å². The smallest absolute Gasteiger partial charge is 0.295 e. The summed E-state index contributed by atoms with van der Waals surface area (Å²) in [5.74, 6) is -0.270. The van der Waals surface area contributed by atoms with Gasteiger partial charge in [-0.2, -0.15) is 0 Å². The molecular formula is C20H27NO10. The molecule has 5 unspecified atom stereocenters. The first-order chi connectivity index (χ1) is 15.3. The van der Waals surface area contributed by atoms with Crippen LogP contribution in [-0.2, 0) is 35.2 Å². The van der Waals surface area contributed by atoms with E-state index in [1.165, 1.54) is 18.2 Å². The number of aliphatic hydroxyl groups is 3. The molecule has 0 bridgehead atoms. The summed E-state index contributed by atoms with van der Waals surface area (Å²) in [5, 5.41) is 32.7. The molecule has 2 rings (SSSR count). The maximum Gasteiger partial charge on any atom is 0.295 e. The van der Waals surface area contributed by atoms with Crippen molar-refractivity contribution in [1.29, 1.82) is 0 Å². The highest BCUT2D eigenvalue weighted by Crippen LogP contribution is 2.31. The van der Waals surface area contributed by atoms with Gasteiger partial charge in [-0.15, -0.1) is 0 Å². The maximum absolute atomic E-state index is 12.3. The van der Waals surface area contributed by atoms with Crippen molar-refractivity contribution in [3.8, 4) is 5.75 Å². The fourth-order valence-corrected chi connectivity index (χ4v) is 2.94.